The van der Waals surface area contributed by atoms with E-state index in [9.17, 15) is 4.79 Å². The van der Waals surface area contributed by atoms with Crippen molar-refractivity contribution in [3.05, 3.63) is 89.6 Å². The maximum absolute atomic E-state index is 12.5. The molecule has 0 atom stereocenters. The molecule has 0 aliphatic heterocycles. The Kier molecular flexibility index (Phi) is 6.08. The van der Waals surface area contributed by atoms with Gasteiger partial charge in [0, 0.05) is 36.1 Å². The van der Waals surface area contributed by atoms with E-state index in [1.54, 1.807) is 0 Å². The van der Waals surface area contributed by atoms with E-state index in [-0.39, 0.29) is 5.91 Å². The SMILES string of the molecule is Cc1ccc(Nc2cc(C)nc(NCCNC(=O)c3ccc4ccccc4c3)n2)cc1. The van der Waals surface area contributed by atoms with Crippen LogP contribution in [0, 0.1) is 13.8 Å². The van der Waals surface area contributed by atoms with Gasteiger partial charge in [0.1, 0.15) is 5.82 Å². The molecule has 0 saturated heterocycles. The number of benzene rings is 3. The highest BCUT2D eigenvalue weighted by Crippen LogP contribution is 2.17. The second kappa shape index (κ2) is 9.26. The summed E-state index contributed by atoms with van der Waals surface area (Å²) in [4.78, 5) is 21.4. The molecule has 4 rings (SSSR count). The van der Waals surface area contributed by atoms with Crippen LogP contribution in [0.15, 0.2) is 72.8 Å². The fourth-order valence-corrected chi connectivity index (χ4v) is 3.28. The molecule has 0 fully saturated rings. The number of nitrogens with zero attached hydrogens (tertiary/aromatic N) is 2. The normalized spacial score (nSPS) is 10.6. The van der Waals surface area contributed by atoms with Crippen LogP contribution in [-0.4, -0.2) is 29.0 Å². The Bertz CT molecular complexity index is 1200. The minimum absolute atomic E-state index is 0.0977. The first-order valence-corrected chi connectivity index (χ1v) is 10.3. The lowest BCUT2D eigenvalue weighted by molar-refractivity contribution is 0.0955. The zero-order valence-electron chi connectivity index (χ0n) is 17.6. The van der Waals surface area contributed by atoms with Gasteiger partial charge in [0.25, 0.3) is 5.91 Å². The molecule has 31 heavy (non-hydrogen) atoms. The standard InChI is InChI=1S/C25H25N5O/c1-17-7-11-22(12-8-17)29-23-15-18(2)28-25(30-23)27-14-13-26-24(31)21-10-9-19-5-3-4-6-20(19)16-21/h3-12,15-16H,13-14H2,1-2H3,(H,26,31)(H2,27,28,29,30). The van der Waals surface area contributed by atoms with Crippen LogP contribution in [0.1, 0.15) is 21.6 Å². The van der Waals surface area contributed by atoms with Gasteiger partial charge in [-0.05, 0) is 48.9 Å². The van der Waals surface area contributed by atoms with Gasteiger partial charge in [0.15, 0.2) is 0 Å². The minimum atomic E-state index is -0.0977. The molecule has 6 nitrogen and oxygen atoms in total. The Morgan fingerprint density at radius 1 is 0.839 bits per heavy atom. The van der Waals surface area contributed by atoms with Crippen molar-refractivity contribution in [2.75, 3.05) is 23.7 Å². The average Bonchev–Trinajstić information content (AvgIpc) is 2.77. The molecule has 1 amide bonds. The number of carbonyl (C=O) groups is 1. The first kappa shape index (κ1) is 20.3. The summed E-state index contributed by atoms with van der Waals surface area (Å²) >= 11 is 0. The molecule has 0 bridgehead atoms. The summed E-state index contributed by atoms with van der Waals surface area (Å²) in [5.74, 6) is 1.15. The molecule has 1 heterocycles. The summed E-state index contributed by atoms with van der Waals surface area (Å²) in [5, 5.41) is 11.6. The molecule has 0 aliphatic rings. The predicted molar refractivity (Wildman–Crippen MR) is 126 cm³/mol. The Balaban J connectivity index is 1.32. The summed E-state index contributed by atoms with van der Waals surface area (Å²) < 4.78 is 0. The molecule has 0 radical (unpaired) electrons. The number of aryl methyl sites for hydroxylation is 2. The van der Waals surface area contributed by atoms with Crippen LogP contribution in [0.4, 0.5) is 17.5 Å². The van der Waals surface area contributed by atoms with Gasteiger partial charge in [0.2, 0.25) is 5.95 Å². The molecule has 3 aromatic carbocycles. The molecule has 0 saturated carbocycles. The fourth-order valence-electron chi connectivity index (χ4n) is 3.28. The Morgan fingerprint density at radius 3 is 2.42 bits per heavy atom. The number of rotatable bonds is 7. The van der Waals surface area contributed by atoms with Crippen molar-refractivity contribution in [3.63, 3.8) is 0 Å². The van der Waals surface area contributed by atoms with Crippen LogP contribution >= 0.6 is 0 Å². The molecule has 0 unspecified atom stereocenters. The topological polar surface area (TPSA) is 78.9 Å². The maximum atomic E-state index is 12.5. The first-order valence-electron chi connectivity index (χ1n) is 10.3. The Labute approximate surface area is 181 Å². The first-order chi connectivity index (χ1) is 15.1. The zero-order valence-corrected chi connectivity index (χ0v) is 17.6. The molecular formula is C25H25N5O. The molecule has 156 valence electrons. The van der Waals surface area contributed by atoms with E-state index in [0.29, 0.717) is 24.6 Å². The van der Waals surface area contributed by atoms with Crippen molar-refractivity contribution in [1.29, 1.82) is 0 Å². The van der Waals surface area contributed by atoms with Crippen LogP contribution in [-0.2, 0) is 0 Å². The van der Waals surface area contributed by atoms with Crippen molar-refractivity contribution in [1.82, 2.24) is 15.3 Å². The van der Waals surface area contributed by atoms with E-state index >= 15 is 0 Å². The smallest absolute Gasteiger partial charge is 0.251 e. The molecule has 6 heteroatoms. The lowest BCUT2D eigenvalue weighted by Gasteiger charge is -2.11. The van der Waals surface area contributed by atoms with E-state index in [1.807, 2.05) is 79.7 Å². The maximum Gasteiger partial charge on any atom is 0.251 e. The van der Waals surface area contributed by atoms with Crippen molar-refractivity contribution in [3.8, 4) is 0 Å². The summed E-state index contributed by atoms with van der Waals surface area (Å²) in [5.41, 5.74) is 3.68. The summed E-state index contributed by atoms with van der Waals surface area (Å²) in [6.45, 7) is 4.96. The number of fused-ring (bicyclic) bond motifs is 1. The number of amides is 1. The van der Waals surface area contributed by atoms with Gasteiger partial charge < -0.3 is 16.0 Å². The second-order valence-electron chi connectivity index (χ2n) is 7.45. The van der Waals surface area contributed by atoms with Crippen molar-refractivity contribution >= 4 is 34.1 Å². The summed E-state index contributed by atoms with van der Waals surface area (Å²) in [7, 11) is 0. The van der Waals surface area contributed by atoms with E-state index in [0.717, 1.165) is 28.0 Å². The van der Waals surface area contributed by atoms with Gasteiger partial charge in [-0.25, -0.2) is 4.98 Å². The van der Waals surface area contributed by atoms with Gasteiger partial charge in [-0.15, -0.1) is 0 Å². The lowest BCUT2D eigenvalue weighted by atomic mass is 10.1. The highest BCUT2D eigenvalue weighted by molar-refractivity contribution is 5.98. The average molecular weight is 412 g/mol. The zero-order chi connectivity index (χ0) is 21.6. The van der Waals surface area contributed by atoms with Gasteiger partial charge in [-0.2, -0.15) is 4.98 Å². The van der Waals surface area contributed by atoms with E-state index in [2.05, 4.69) is 32.8 Å². The van der Waals surface area contributed by atoms with Crippen molar-refractivity contribution < 1.29 is 4.79 Å². The van der Waals surface area contributed by atoms with Crippen molar-refractivity contribution in [2.45, 2.75) is 13.8 Å². The van der Waals surface area contributed by atoms with Gasteiger partial charge in [0.05, 0.1) is 0 Å². The monoisotopic (exact) mass is 411 g/mol. The highest BCUT2D eigenvalue weighted by atomic mass is 16.1. The highest BCUT2D eigenvalue weighted by Gasteiger charge is 2.07. The number of aromatic nitrogens is 2. The number of hydrogen-bond donors (Lipinski definition) is 3. The van der Waals surface area contributed by atoms with Gasteiger partial charge >= 0.3 is 0 Å². The molecule has 0 spiro atoms. The minimum Gasteiger partial charge on any atom is -0.352 e. The van der Waals surface area contributed by atoms with Gasteiger partial charge in [-0.1, -0.05) is 48.0 Å². The van der Waals surface area contributed by atoms with Crippen LogP contribution in [0.3, 0.4) is 0 Å². The summed E-state index contributed by atoms with van der Waals surface area (Å²) in [6.07, 6.45) is 0. The third kappa shape index (κ3) is 5.36. The van der Waals surface area contributed by atoms with Crippen molar-refractivity contribution in [2.24, 2.45) is 0 Å². The molecule has 3 N–H and O–H groups in total. The van der Waals surface area contributed by atoms with Crippen LogP contribution in [0.2, 0.25) is 0 Å². The third-order valence-corrected chi connectivity index (χ3v) is 4.88. The van der Waals surface area contributed by atoms with Gasteiger partial charge in [-0.3, -0.25) is 4.79 Å². The molecular weight excluding hydrogens is 386 g/mol. The largest absolute Gasteiger partial charge is 0.352 e. The number of nitrogens with one attached hydrogen (secondary N) is 3. The molecule has 0 aliphatic carbocycles. The van der Waals surface area contributed by atoms with E-state index in [1.165, 1.54) is 5.56 Å². The molecule has 1 aromatic heterocycles. The third-order valence-electron chi connectivity index (χ3n) is 4.88. The quantitative estimate of drug-likeness (QED) is 0.380. The fraction of sp³-hybridized carbons (Fsp3) is 0.160. The Morgan fingerprint density at radius 2 is 1.61 bits per heavy atom. The van der Waals surface area contributed by atoms with Crippen LogP contribution in [0.5, 0.6) is 0 Å². The van der Waals surface area contributed by atoms with Crippen LogP contribution in [0.25, 0.3) is 10.8 Å². The predicted octanol–water partition coefficient (Wildman–Crippen LogP) is 4.83. The van der Waals surface area contributed by atoms with E-state index < -0.39 is 0 Å². The van der Waals surface area contributed by atoms with Crippen LogP contribution < -0.4 is 16.0 Å². The number of hydrogen-bond acceptors (Lipinski definition) is 5. The number of carbonyl (C=O) groups excluding carboxylic acids is 1. The van der Waals surface area contributed by atoms with E-state index in [4.69, 9.17) is 0 Å². The Hall–Kier alpha value is -3.93. The second-order valence-corrected chi connectivity index (χ2v) is 7.45. The lowest BCUT2D eigenvalue weighted by Crippen LogP contribution is -2.29. The summed E-state index contributed by atoms with van der Waals surface area (Å²) in [6, 6.07) is 23.7. The number of anilines is 3. The molecule has 4 aromatic rings.